The van der Waals surface area contributed by atoms with Crippen LogP contribution in [0.25, 0.3) is 0 Å². The number of carbonyl (C=O) groups is 1. The van der Waals surface area contributed by atoms with Gasteiger partial charge < -0.3 is 10.6 Å². The van der Waals surface area contributed by atoms with Gasteiger partial charge in [-0.05, 0) is 45.2 Å². The highest BCUT2D eigenvalue weighted by Crippen LogP contribution is 2.03. The van der Waals surface area contributed by atoms with E-state index in [4.69, 9.17) is 0 Å². The molecule has 0 aliphatic carbocycles. The minimum atomic E-state index is -0.450. The zero-order valence-electron chi connectivity index (χ0n) is 11.1. The lowest BCUT2D eigenvalue weighted by atomic mass is 10.0. The van der Waals surface area contributed by atoms with Crippen molar-refractivity contribution in [2.24, 2.45) is 0 Å². The Labute approximate surface area is 104 Å². The van der Waals surface area contributed by atoms with Crippen molar-refractivity contribution in [3.8, 4) is 0 Å². The molecule has 0 atom stereocenters. The van der Waals surface area contributed by atoms with E-state index in [0.717, 1.165) is 19.5 Å². The molecule has 0 radical (unpaired) electrons. The Balaban J connectivity index is 3.57. The number of likely N-dealkylation sites (N-methyl/N-ethyl adjacent to an activating group) is 1. The van der Waals surface area contributed by atoms with Crippen LogP contribution in [0.5, 0.6) is 0 Å². The minimum absolute atomic E-state index is 0.0965. The van der Waals surface area contributed by atoms with Crippen LogP contribution in [0.15, 0.2) is 0 Å². The first-order valence-corrected chi connectivity index (χ1v) is 7.46. The Hall–Kier alpha value is -0.220. The molecule has 16 heavy (non-hydrogen) atoms. The maximum absolute atomic E-state index is 11.8. The first-order chi connectivity index (χ1) is 7.54. The predicted octanol–water partition coefficient (Wildman–Crippen LogP) is 2.02. The number of nitrogens with one attached hydrogen (secondary N) is 2. The van der Waals surface area contributed by atoms with Crippen molar-refractivity contribution in [2.45, 2.75) is 45.6 Å². The van der Waals surface area contributed by atoms with Crippen LogP contribution in [0.3, 0.4) is 0 Å². The summed E-state index contributed by atoms with van der Waals surface area (Å²) in [6, 6.07) is 0. The second kappa shape index (κ2) is 8.88. The fraction of sp³-hybridized carbons (Fsp3) is 0.917. The van der Waals surface area contributed by atoms with Gasteiger partial charge in [0.2, 0.25) is 5.91 Å². The summed E-state index contributed by atoms with van der Waals surface area (Å²) in [6.07, 6.45) is 5.64. The molecule has 4 heteroatoms. The zero-order valence-corrected chi connectivity index (χ0v) is 11.9. The van der Waals surface area contributed by atoms with Gasteiger partial charge in [-0.25, -0.2) is 0 Å². The summed E-state index contributed by atoms with van der Waals surface area (Å²) < 4.78 is 0. The van der Waals surface area contributed by atoms with Crippen LogP contribution in [0, 0.1) is 0 Å². The topological polar surface area (TPSA) is 41.1 Å². The first-order valence-electron chi connectivity index (χ1n) is 6.07. The molecule has 0 aliphatic heterocycles. The third-order valence-corrected chi connectivity index (χ3v) is 3.19. The number of hydrogen-bond donors (Lipinski definition) is 2. The highest BCUT2D eigenvalue weighted by molar-refractivity contribution is 7.98. The Bertz CT molecular complexity index is 195. The van der Waals surface area contributed by atoms with Gasteiger partial charge in [0.05, 0.1) is 5.54 Å². The SMILES string of the molecule is CCNC(C)(C)C(=O)NCCCCCSC. The maximum Gasteiger partial charge on any atom is 0.239 e. The van der Waals surface area contributed by atoms with Gasteiger partial charge in [0, 0.05) is 6.54 Å². The lowest BCUT2D eigenvalue weighted by molar-refractivity contribution is -0.126. The third kappa shape index (κ3) is 7.12. The largest absolute Gasteiger partial charge is 0.355 e. The van der Waals surface area contributed by atoms with Crippen LogP contribution in [0.2, 0.25) is 0 Å². The van der Waals surface area contributed by atoms with Crippen LogP contribution < -0.4 is 10.6 Å². The molecular formula is C12H26N2OS. The molecule has 0 aromatic heterocycles. The first kappa shape index (κ1) is 15.8. The normalized spacial score (nSPS) is 11.5. The molecule has 0 fully saturated rings. The quantitative estimate of drug-likeness (QED) is 0.612. The van der Waals surface area contributed by atoms with Gasteiger partial charge in [0.25, 0.3) is 0 Å². The summed E-state index contributed by atoms with van der Waals surface area (Å²) in [5.41, 5.74) is -0.450. The van der Waals surface area contributed by atoms with Gasteiger partial charge in [-0.2, -0.15) is 11.8 Å². The number of hydrogen-bond acceptors (Lipinski definition) is 3. The van der Waals surface area contributed by atoms with Crippen LogP contribution in [-0.4, -0.2) is 36.5 Å². The molecule has 3 nitrogen and oxygen atoms in total. The van der Waals surface area contributed by atoms with E-state index >= 15 is 0 Å². The number of unbranched alkanes of at least 4 members (excludes halogenated alkanes) is 2. The number of rotatable bonds is 9. The third-order valence-electron chi connectivity index (χ3n) is 2.50. The lowest BCUT2D eigenvalue weighted by Crippen LogP contribution is -2.52. The van der Waals surface area contributed by atoms with Gasteiger partial charge in [-0.1, -0.05) is 13.3 Å². The number of amides is 1. The minimum Gasteiger partial charge on any atom is -0.355 e. The number of thioether (sulfide) groups is 1. The molecule has 0 saturated carbocycles. The van der Waals surface area contributed by atoms with Crippen molar-refractivity contribution in [3.63, 3.8) is 0 Å². The van der Waals surface area contributed by atoms with E-state index < -0.39 is 5.54 Å². The van der Waals surface area contributed by atoms with Crippen molar-refractivity contribution in [2.75, 3.05) is 25.1 Å². The van der Waals surface area contributed by atoms with Crippen molar-refractivity contribution in [1.29, 1.82) is 0 Å². The van der Waals surface area contributed by atoms with Gasteiger partial charge >= 0.3 is 0 Å². The summed E-state index contributed by atoms with van der Waals surface area (Å²) in [6.45, 7) is 7.45. The fourth-order valence-electron chi connectivity index (χ4n) is 1.49. The highest BCUT2D eigenvalue weighted by atomic mass is 32.2. The monoisotopic (exact) mass is 246 g/mol. The standard InChI is InChI=1S/C12H26N2OS/c1-5-14-12(2,3)11(15)13-9-7-6-8-10-16-4/h14H,5-10H2,1-4H3,(H,13,15). The van der Waals surface area contributed by atoms with E-state index in [-0.39, 0.29) is 5.91 Å². The van der Waals surface area contributed by atoms with Gasteiger partial charge in [0.1, 0.15) is 0 Å². The second-order valence-corrected chi connectivity index (χ2v) is 5.45. The van der Waals surface area contributed by atoms with Crippen molar-refractivity contribution < 1.29 is 4.79 Å². The Morgan fingerprint density at radius 2 is 1.94 bits per heavy atom. The van der Waals surface area contributed by atoms with Gasteiger partial charge in [-0.3, -0.25) is 4.79 Å². The average Bonchev–Trinajstić information content (AvgIpc) is 2.22. The van der Waals surface area contributed by atoms with Crippen LogP contribution >= 0.6 is 11.8 Å². The molecule has 0 aromatic carbocycles. The van der Waals surface area contributed by atoms with Crippen molar-refractivity contribution in [1.82, 2.24) is 10.6 Å². The molecule has 0 saturated heterocycles. The van der Waals surface area contributed by atoms with Crippen LogP contribution in [0.4, 0.5) is 0 Å². The van der Waals surface area contributed by atoms with E-state index in [0.29, 0.717) is 0 Å². The molecule has 0 bridgehead atoms. The molecule has 1 amide bonds. The van der Waals surface area contributed by atoms with Gasteiger partial charge in [-0.15, -0.1) is 0 Å². The smallest absolute Gasteiger partial charge is 0.239 e. The lowest BCUT2D eigenvalue weighted by Gasteiger charge is -2.24. The number of carbonyl (C=O) groups excluding carboxylic acids is 1. The molecule has 0 aliphatic rings. The molecule has 0 spiro atoms. The Morgan fingerprint density at radius 1 is 1.25 bits per heavy atom. The zero-order chi connectivity index (χ0) is 12.4. The summed E-state index contributed by atoms with van der Waals surface area (Å²) in [4.78, 5) is 11.8. The van der Waals surface area contributed by atoms with Crippen LogP contribution in [-0.2, 0) is 4.79 Å². The summed E-state index contributed by atoms with van der Waals surface area (Å²) >= 11 is 1.88. The predicted molar refractivity (Wildman–Crippen MR) is 73.0 cm³/mol. The Kier molecular flexibility index (Phi) is 8.76. The molecular weight excluding hydrogens is 220 g/mol. The molecule has 0 rings (SSSR count). The Morgan fingerprint density at radius 3 is 2.50 bits per heavy atom. The summed E-state index contributed by atoms with van der Waals surface area (Å²) in [7, 11) is 0. The van der Waals surface area contributed by atoms with E-state index in [1.165, 1.54) is 18.6 Å². The van der Waals surface area contributed by atoms with Crippen molar-refractivity contribution >= 4 is 17.7 Å². The average molecular weight is 246 g/mol. The second-order valence-electron chi connectivity index (χ2n) is 4.46. The molecule has 0 unspecified atom stereocenters. The molecule has 0 aromatic rings. The maximum atomic E-state index is 11.8. The van der Waals surface area contributed by atoms with E-state index in [2.05, 4.69) is 16.9 Å². The fourth-order valence-corrected chi connectivity index (χ4v) is 1.99. The summed E-state index contributed by atoms with van der Waals surface area (Å²) in [5.74, 6) is 1.32. The van der Waals surface area contributed by atoms with Crippen molar-refractivity contribution in [3.05, 3.63) is 0 Å². The highest BCUT2D eigenvalue weighted by Gasteiger charge is 2.25. The molecule has 2 N–H and O–H groups in total. The molecule has 96 valence electrons. The van der Waals surface area contributed by atoms with E-state index in [1.807, 2.05) is 32.5 Å². The van der Waals surface area contributed by atoms with E-state index in [9.17, 15) is 4.79 Å². The van der Waals surface area contributed by atoms with E-state index in [1.54, 1.807) is 0 Å². The van der Waals surface area contributed by atoms with Crippen LogP contribution in [0.1, 0.15) is 40.0 Å². The molecule has 0 heterocycles. The summed E-state index contributed by atoms with van der Waals surface area (Å²) in [5, 5.41) is 6.14. The van der Waals surface area contributed by atoms with Gasteiger partial charge in [0.15, 0.2) is 0 Å².